The predicted octanol–water partition coefficient (Wildman–Crippen LogP) is 4.25. The van der Waals surface area contributed by atoms with E-state index in [0.29, 0.717) is 5.56 Å². The normalized spacial score (nSPS) is 24.2. The van der Waals surface area contributed by atoms with Gasteiger partial charge >= 0.3 is 0 Å². The zero-order valence-corrected chi connectivity index (χ0v) is 17.6. The lowest BCUT2D eigenvalue weighted by Crippen LogP contribution is -2.46. The molecule has 0 spiro atoms. The smallest absolute Gasteiger partial charge is 0.256 e. The van der Waals surface area contributed by atoms with Gasteiger partial charge in [-0.05, 0) is 64.0 Å². The summed E-state index contributed by atoms with van der Waals surface area (Å²) >= 11 is 3.49. The predicted molar refractivity (Wildman–Crippen MR) is 110 cm³/mol. The van der Waals surface area contributed by atoms with Crippen molar-refractivity contribution in [2.75, 3.05) is 7.11 Å². The van der Waals surface area contributed by atoms with E-state index < -0.39 is 10.9 Å². The molecular weight excluding hydrogens is 461 g/mol. The molecule has 2 heterocycles. The van der Waals surface area contributed by atoms with Crippen molar-refractivity contribution in [3.8, 4) is 5.75 Å². The van der Waals surface area contributed by atoms with Gasteiger partial charge in [0.05, 0.1) is 10.7 Å². The number of amides is 1. The number of nitrogens with zero attached hydrogens (tertiary/aromatic N) is 1. The Bertz CT molecular complexity index is 929. The maximum absolute atomic E-state index is 13.3. The maximum atomic E-state index is 13.3. The molecule has 1 amide bonds. The van der Waals surface area contributed by atoms with Crippen LogP contribution in [0.25, 0.3) is 0 Å². The van der Waals surface area contributed by atoms with E-state index in [1.165, 1.54) is 11.8 Å². The fourth-order valence-electron chi connectivity index (χ4n) is 3.91. The number of ether oxygens (including phenoxy) is 1. The van der Waals surface area contributed by atoms with E-state index in [0.717, 1.165) is 20.4 Å². The molecule has 2 aliphatic heterocycles. The van der Waals surface area contributed by atoms with E-state index in [-0.39, 0.29) is 16.9 Å². The number of fused-ring (bicyclic) bond motifs is 3. The highest BCUT2D eigenvalue weighted by Gasteiger charge is 2.62. The van der Waals surface area contributed by atoms with E-state index in [9.17, 15) is 9.59 Å². The summed E-state index contributed by atoms with van der Waals surface area (Å²) in [5, 5.41) is 0.0497. The van der Waals surface area contributed by atoms with Gasteiger partial charge in [-0.15, -0.1) is 0 Å². The first kappa shape index (κ1) is 17.9. The third kappa shape index (κ3) is 2.27. The Balaban J connectivity index is 2.00. The number of hydrogen-bond acceptors (Lipinski definition) is 4. The van der Waals surface area contributed by atoms with Crippen LogP contribution in [0.5, 0.6) is 5.75 Å². The summed E-state index contributed by atoms with van der Waals surface area (Å²) in [6.45, 7) is 3.99. The number of thioether (sulfide) groups is 1. The molecule has 26 heavy (non-hydrogen) atoms. The molecule has 134 valence electrons. The number of benzene rings is 2. The Morgan fingerprint density at radius 2 is 1.92 bits per heavy atom. The molecule has 0 aromatic heterocycles. The van der Waals surface area contributed by atoms with Gasteiger partial charge in [0.1, 0.15) is 16.7 Å². The van der Waals surface area contributed by atoms with E-state index >= 15 is 0 Å². The summed E-state index contributed by atoms with van der Waals surface area (Å²) < 4.78 is 6.33. The zero-order chi connectivity index (χ0) is 18.6. The van der Waals surface area contributed by atoms with Crippen molar-refractivity contribution in [1.29, 1.82) is 0 Å². The van der Waals surface area contributed by atoms with Gasteiger partial charge in [0.15, 0.2) is 0 Å². The third-order valence-corrected chi connectivity index (χ3v) is 7.26. The summed E-state index contributed by atoms with van der Waals surface area (Å²) in [5.41, 5.74) is 2.51. The Kier molecular flexibility index (Phi) is 4.30. The molecule has 0 saturated carbocycles. The number of methoxy groups -OCH3 is 1. The minimum atomic E-state index is -0.800. The summed E-state index contributed by atoms with van der Waals surface area (Å²) in [4.78, 5) is 27.2. The van der Waals surface area contributed by atoms with Crippen LogP contribution in [0, 0.1) is 9.49 Å². The van der Waals surface area contributed by atoms with Crippen LogP contribution < -0.4 is 4.74 Å². The zero-order valence-electron chi connectivity index (χ0n) is 14.7. The summed E-state index contributed by atoms with van der Waals surface area (Å²) in [6.07, 6.45) is 0. The molecule has 2 unspecified atom stereocenters. The van der Waals surface area contributed by atoms with Gasteiger partial charge in [0, 0.05) is 11.1 Å². The molecule has 2 aliphatic rings. The van der Waals surface area contributed by atoms with Crippen molar-refractivity contribution in [3.63, 3.8) is 0 Å². The standard InChI is InChI=1S/C20H18INO3S/c1-11(2)17-19(24)26-20(12-8-9-16(25-3)15(21)10-12)14-7-5-4-6-13(14)18(23)22(17)20/h4-11,17H,1-3H3. The van der Waals surface area contributed by atoms with Crippen molar-refractivity contribution in [2.45, 2.75) is 24.8 Å². The van der Waals surface area contributed by atoms with Gasteiger partial charge in [-0.25, -0.2) is 0 Å². The molecule has 2 aromatic rings. The molecule has 0 aliphatic carbocycles. The second-order valence-electron chi connectivity index (χ2n) is 6.82. The highest BCUT2D eigenvalue weighted by molar-refractivity contribution is 14.1. The van der Waals surface area contributed by atoms with Gasteiger partial charge in [0.25, 0.3) is 5.91 Å². The van der Waals surface area contributed by atoms with Crippen LogP contribution >= 0.6 is 34.4 Å². The fourth-order valence-corrected chi connectivity index (χ4v) is 6.26. The van der Waals surface area contributed by atoms with Crippen LogP contribution in [-0.2, 0) is 9.67 Å². The molecular formula is C20H18INO3S. The third-order valence-electron chi connectivity index (χ3n) is 5.02. The average molecular weight is 479 g/mol. The first-order valence-corrected chi connectivity index (χ1v) is 10.3. The Morgan fingerprint density at radius 3 is 2.58 bits per heavy atom. The van der Waals surface area contributed by atoms with E-state index in [4.69, 9.17) is 4.74 Å². The minimum Gasteiger partial charge on any atom is -0.496 e. The van der Waals surface area contributed by atoms with Gasteiger partial charge in [-0.3, -0.25) is 9.59 Å². The van der Waals surface area contributed by atoms with Crippen LogP contribution in [0.15, 0.2) is 42.5 Å². The Hall–Kier alpha value is -1.54. The lowest BCUT2D eigenvalue weighted by molar-refractivity contribution is -0.115. The number of hydrogen-bond donors (Lipinski definition) is 0. The summed E-state index contributed by atoms with van der Waals surface area (Å²) in [6, 6.07) is 13.1. The van der Waals surface area contributed by atoms with Crippen LogP contribution in [0.1, 0.15) is 35.3 Å². The SMILES string of the molecule is COc1ccc(C23SC(=O)C(C(C)C)N2C(=O)c2ccccc23)cc1I. The summed E-state index contributed by atoms with van der Waals surface area (Å²) in [7, 11) is 1.64. The second kappa shape index (κ2) is 6.27. The van der Waals surface area contributed by atoms with Crippen LogP contribution in [0.2, 0.25) is 0 Å². The monoisotopic (exact) mass is 479 g/mol. The second-order valence-corrected chi connectivity index (χ2v) is 9.18. The topological polar surface area (TPSA) is 46.6 Å². The first-order valence-electron chi connectivity index (χ1n) is 8.42. The molecule has 2 aromatic carbocycles. The van der Waals surface area contributed by atoms with Crippen LogP contribution in [-0.4, -0.2) is 29.1 Å². The van der Waals surface area contributed by atoms with E-state index in [2.05, 4.69) is 22.6 Å². The molecule has 4 rings (SSSR count). The Labute approximate surface area is 170 Å². The lowest BCUT2D eigenvalue weighted by atomic mass is 9.95. The molecule has 6 heteroatoms. The molecule has 0 N–H and O–H groups in total. The number of rotatable bonds is 3. The van der Waals surface area contributed by atoms with Gasteiger partial charge in [-0.2, -0.15) is 0 Å². The van der Waals surface area contributed by atoms with Crippen molar-refractivity contribution in [1.82, 2.24) is 4.90 Å². The van der Waals surface area contributed by atoms with E-state index in [1.807, 2.05) is 56.3 Å². The summed E-state index contributed by atoms with van der Waals surface area (Å²) in [5.74, 6) is 0.764. The van der Waals surface area contributed by atoms with Gasteiger partial charge in [-0.1, -0.05) is 38.1 Å². The molecule has 0 bridgehead atoms. The number of carbonyl (C=O) groups excluding carboxylic acids is 2. The molecule has 1 saturated heterocycles. The van der Waals surface area contributed by atoms with Crippen molar-refractivity contribution in [3.05, 3.63) is 62.7 Å². The number of halogens is 1. The fraction of sp³-hybridized carbons (Fsp3) is 0.300. The van der Waals surface area contributed by atoms with Crippen LogP contribution in [0.4, 0.5) is 0 Å². The van der Waals surface area contributed by atoms with Crippen LogP contribution in [0.3, 0.4) is 0 Å². The van der Waals surface area contributed by atoms with Crippen molar-refractivity contribution < 1.29 is 14.3 Å². The van der Waals surface area contributed by atoms with Crippen molar-refractivity contribution >= 4 is 45.4 Å². The molecule has 1 fully saturated rings. The minimum absolute atomic E-state index is 0.0486. The van der Waals surface area contributed by atoms with E-state index in [1.54, 1.807) is 12.0 Å². The van der Waals surface area contributed by atoms with Gasteiger partial charge < -0.3 is 9.64 Å². The first-order chi connectivity index (χ1) is 12.4. The molecule has 0 radical (unpaired) electrons. The maximum Gasteiger partial charge on any atom is 0.256 e. The largest absolute Gasteiger partial charge is 0.496 e. The number of carbonyl (C=O) groups is 2. The molecule has 2 atom stereocenters. The highest BCUT2D eigenvalue weighted by atomic mass is 127. The molecule has 4 nitrogen and oxygen atoms in total. The Morgan fingerprint density at radius 1 is 1.19 bits per heavy atom. The quantitative estimate of drug-likeness (QED) is 0.618. The lowest BCUT2D eigenvalue weighted by Gasteiger charge is -2.35. The van der Waals surface area contributed by atoms with Crippen molar-refractivity contribution in [2.24, 2.45) is 5.92 Å². The highest BCUT2D eigenvalue weighted by Crippen LogP contribution is 2.59. The van der Waals surface area contributed by atoms with Gasteiger partial charge in [0.2, 0.25) is 5.12 Å². The average Bonchev–Trinajstić information content (AvgIpc) is 3.06.